The molecule has 5 heteroatoms. The lowest BCUT2D eigenvalue weighted by Gasteiger charge is -2.12. The third kappa shape index (κ3) is 3.34. The van der Waals surface area contributed by atoms with Gasteiger partial charge in [-0.2, -0.15) is 0 Å². The Balaban J connectivity index is 1.76. The molecule has 26 heavy (non-hydrogen) atoms. The Morgan fingerprint density at radius 3 is 2.46 bits per heavy atom. The van der Waals surface area contributed by atoms with E-state index in [9.17, 15) is 9.59 Å². The van der Waals surface area contributed by atoms with Gasteiger partial charge >= 0.3 is 0 Å². The van der Waals surface area contributed by atoms with Crippen LogP contribution in [0.1, 0.15) is 11.1 Å². The number of thioether (sulfide) groups is 1. The molecule has 0 radical (unpaired) electrons. The van der Waals surface area contributed by atoms with Crippen LogP contribution in [-0.2, 0) is 11.4 Å². The molecule has 3 aromatic carbocycles. The van der Waals surface area contributed by atoms with Crippen LogP contribution in [0.25, 0.3) is 16.8 Å². The quantitative estimate of drug-likeness (QED) is 0.682. The minimum atomic E-state index is -0.373. The molecule has 0 unspecified atom stereocenters. The van der Waals surface area contributed by atoms with Gasteiger partial charge < -0.3 is 4.74 Å². The van der Waals surface area contributed by atoms with Crippen molar-refractivity contribution in [1.82, 2.24) is 5.32 Å². The lowest BCUT2D eigenvalue weighted by Crippen LogP contribution is -2.17. The number of ether oxygens (including phenoxy) is 1. The molecule has 2 amide bonds. The van der Waals surface area contributed by atoms with Crippen molar-refractivity contribution in [2.75, 3.05) is 0 Å². The van der Waals surface area contributed by atoms with Gasteiger partial charge in [-0.3, -0.25) is 14.9 Å². The van der Waals surface area contributed by atoms with Gasteiger partial charge in [-0.1, -0.05) is 60.7 Å². The number of hydrogen-bond acceptors (Lipinski definition) is 4. The normalized spacial score (nSPS) is 15.5. The number of carbonyl (C=O) groups excluding carboxylic acids is 2. The Labute approximate surface area is 154 Å². The summed E-state index contributed by atoms with van der Waals surface area (Å²) in [6, 6.07) is 21.7. The zero-order valence-corrected chi connectivity index (χ0v) is 14.6. The number of hydrogen-bond donors (Lipinski definition) is 1. The van der Waals surface area contributed by atoms with Crippen molar-refractivity contribution in [2.24, 2.45) is 0 Å². The maximum absolute atomic E-state index is 12.0. The first-order valence-corrected chi connectivity index (χ1v) is 8.96. The smallest absolute Gasteiger partial charge is 0.290 e. The van der Waals surface area contributed by atoms with Crippen LogP contribution in [0.15, 0.2) is 71.6 Å². The molecule has 0 aliphatic carbocycles. The summed E-state index contributed by atoms with van der Waals surface area (Å²) in [4.78, 5) is 23.8. The van der Waals surface area contributed by atoms with Crippen LogP contribution in [0.5, 0.6) is 5.75 Å². The minimum Gasteiger partial charge on any atom is -0.488 e. The van der Waals surface area contributed by atoms with Crippen molar-refractivity contribution < 1.29 is 14.3 Å². The number of amides is 2. The van der Waals surface area contributed by atoms with Crippen LogP contribution in [0.3, 0.4) is 0 Å². The van der Waals surface area contributed by atoms with Crippen molar-refractivity contribution in [2.45, 2.75) is 6.61 Å². The number of nitrogens with one attached hydrogen (secondary N) is 1. The average Bonchev–Trinajstić information content (AvgIpc) is 2.99. The highest BCUT2D eigenvalue weighted by atomic mass is 32.2. The van der Waals surface area contributed by atoms with E-state index in [0.29, 0.717) is 17.3 Å². The maximum atomic E-state index is 12.0. The molecule has 0 saturated carbocycles. The summed E-state index contributed by atoms with van der Waals surface area (Å²) >= 11 is 0.906. The van der Waals surface area contributed by atoms with Crippen LogP contribution >= 0.6 is 11.8 Å². The third-order valence-electron chi connectivity index (χ3n) is 4.09. The van der Waals surface area contributed by atoms with Crippen molar-refractivity contribution >= 4 is 39.8 Å². The number of carbonyl (C=O) groups is 2. The van der Waals surface area contributed by atoms with Crippen molar-refractivity contribution in [3.8, 4) is 5.75 Å². The Kier molecular flexibility index (Phi) is 4.46. The number of imide groups is 1. The second-order valence-electron chi connectivity index (χ2n) is 5.83. The predicted molar refractivity (Wildman–Crippen MR) is 104 cm³/mol. The van der Waals surface area contributed by atoms with E-state index in [1.807, 2.05) is 66.7 Å². The zero-order chi connectivity index (χ0) is 17.9. The van der Waals surface area contributed by atoms with E-state index in [1.54, 1.807) is 6.08 Å². The Hall–Kier alpha value is -3.05. The largest absolute Gasteiger partial charge is 0.488 e. The van der Waals surface area contributed by atoms with E-state index in [0.717, 1.165) is 33.7 Å². The summed E-state index contributed by atoms with van der Waals surface area (Å²) in [5, 5.41) is 3.95. The van der Waals surface area contributed by atoms with Gasteiger partial charge in [-0.25, -0.2) is 0 Å². The van der Waals surface area contributed by atoms with E-state index in [2.05, 4.69) is 5.32 Å². The lowest BCUT2D eigenvalue weighted by atomic mass is 10.0. The van der Waals surface area contributed by atoms with Gasteiger partial charge in [0.2, 0.25) is 0 Å². The van der Waals surface area contributed by atoms with Crippen LogP contribution in [0.2, 0.25) is 0 Å². The molecule has 1 heterocycles. The van der Waals surface area contributed by atoms with Crippen LogP contribution in [-0.4, -0.2) is 11.1 Å². The van der Waals surface area contributed by atoms with Gasteiger partial charge in [0, 0.05) is 5.56 Å². The first kappa shape index (κ1) is 16.4. The summed E-state index contributed by atoms with van der Waals surface area (Å²) < 4.78 is 6.03. The van der Waals surface area contributed by atoms with Crippen molar-refractivity contribution in [1.29, 1.82) is 0 Å². The molecule has 1 saturated heterocycles. The molecule has 1 aliphatic rings. The summed E-state index contributed by atoms with van der Waals surface area (Å²) in [5.41, 5.74) is 1.86. The Morgan fingerprint density at radius 1 is 0.923 bits per heavy atom. The second-order valence-corrected chi connectivity index (χ2v) is 6.84. The average molecular weight is 361 g/mol. The first-order chi connectivity index (χ1) is 12.7. The molecule has 3 aromatic rings. The van der Waals surface area contributed by atoms with Crippen LogP contribution in [0.4, 0.5) is 4.79 Å². The first-order valence-electron chi connectivity index (χ1n) is 8.14. The fourth-order valence-corrected chi connectivity index (χ4v) is 3.50. The fraction of sp³-hybridized carbons (Fsp3) is 0.0476. The molecule has 4 nitrogen and oxygen atoms in total. The highest BCUT2D eigenvalue weighted by Crippen LogP contribution is 2.34. The zero-order valence-electron chi connectivity index (χ0n) is 13.8. The van der Waals surface area contributed by atoms with E-state index in [1.165, 1.54) is 0 Å². The molecule has 128 valence electrons. The van der Waals surface area contributed by atoms with Gasteiger partial charge in [-0.05, 0) is 40.2 Å². The maximum Gasteiger partial charge on any atom is 0.290 e. The van der Waals surface area contributed by atoms with E-state index >= 15 is 0 Å². The van der Waals surface area contributed by atoms with Gasteiger partial charge in [0.15, 0.2) is 0 Å². The molecule has 0 bridgehead atoms. The predicted octanol–water partition coefficient (Wildman–Crippen LogP) is 4.74. The SMILES string of the molecule is O=C1NC(=O)C(=Cc2c(OCc3ccccc3)ccc3ccccc23)S1. The minimum absolute atomic E-state index is 0.353. The molecule has 1 N–H and O–H groups in total. The van der Waals surface area contributed by atoms with Crippen LogP contribution in [0, 0.1) is 0 Å². The molecule has 0 aromatic heterocycles. The van der Waals surface area contributed by atoms with Crippen molar-refractivity contribution in [3.05, 3.63) is 82.8 Å². The summed E-state index contributed by atoms with van der Waals surface area (Å²) in [5.74, 6) is 0.301. The molecular formula is C21H15NO3S. The van der Waals surface area contributed by atoms with Gasteiger partial charge in [0.25, 0.3) is 11.1 Å². The molecule has 1 fully saturated rings. The van der Waals surface area contributed by atoms with E-state index in [4.69, 9.17) is 4.74 Å². The monoisotopic (exact) mass is 361 g/mol. The topological polar surface area (TPSA) is 55.4 Å². The summed E-state index contributed by atoms with van der Waals surface area (Å²) in [7, 11) is 0. The highest BCUT2D eigenvalue weighted by Gasteiger charge is 2.25. The van der Waals surface area contributed by atoms with Crippen LogP contribution < -0.4 is 10.1 Å². The summed E-state index contributed by atoms with van der Waals surface area (Å²) in [6.07, 6.45) is 1.73. The molecule has 0 spiro atoms. The highest BCUT2D eigenvalue weighted by molar-refractivity contribution is 8.18. The molecule has 1 aliphatic heterocycles. The standard InChI is InChI=1S/C21H15NO3S/c23-20-19(26-21(24)22-20)12-17-16-9-5-4-8-15(16)10-11-18(17)25-13-14-6-2-1-3-7-14/h1-12H,13H2,(H,22,23,24). The van der Waals surface area contributed by atoms with E-state index in [-0.39, 0.29) is 11.1 Å². The third-order valence-corrected chi connectivity index (χ3v) is 4.90. The van der Waals surface area contributed by atoms with Gasteiger partial charge in [0.1, 0.15) is 12.4 Å². The Bertz CT molecular complexity index is 1030. The second kappa shape index (κ2) is 7.06. The number of benzene rings is 3. The van der Waals surface area contributed by atoms with Gasteiger partial charge in [0.05, 0.1) is 4.91 Å². The van der Waals surface area contributed by atoms with Gasteiger partial charge in [-0.15, -0.1) is 0 Å². The number of fused-ring (bicyclic) bond motifs is 1. The molecule has 0 atom stereocenters. The fourth-order valence-electron chi connectivity index (χ4n) is 2.84. The number of rotatable bonds is 4. The summed E-state index contributed by atoms with van der Waals surface area (Å²) in [6.45, 7) is 0.424. The molecular weight excluding hydrogens is 346 g/mol. The van der Waals surface area contributed by atoms with Crippen molar-refractivity contribution in [3.63, 3.8) is 0 Å². The molecule has 4 rings (SSSR count). The lowest BCUT2D eigenvalue weighted by molar-refractivity contribution is -0.115. The Morgan fingerprint density at radius 2 is 1.69 bits per heavy atom. The van der Waals surface area contributed by atoms with E-state index < -0.39 is 0 Å².